The van der Waals surface area contributed by atoms with Crippen LogP contribution in [-0.4, -0.2) is 29.9 Å². The molecule has 5 aromatic rings. The number of carbonyl (C=O) groups is 2. The van der Waals surface area contributed by atoms with E-state index in [0.29, 0.717) is 36.7 Å². The lowest BCUT2D eigenvalue weighted by Crippen LogP contribution is -2.33. The number of piperidine rings is 1. The molecule has 1 saturated heterocycles. The number of alkyl halides is 3. The van der Waals surface area contributed by atoms with E-state index in [-0.39, 0.29) is 11.9 Å². The Balaban J connectivity index is 1.05. The largest absolute Gasteiger partial charge is 0.437 e. The van der Waals surface area contributed by atoms with Gasteiger partial charge in [-0.25, -0.2) is 0 Å². The zero-order valence-corrected chi connectivity index (χ0v) is 25.5. The van der Waals surface area contributed by atoms with Crippen LogP contribution >= 0.6 is 0 Å². The SMILES string of the molecule is Cc1ccccc1NC(=O)c1ccc2c(c1)Cc1cc(NC(=O)c3oc(N4CCC(c5ccccc5)CC4)nc3C(F)(F)F)ccc1-2. The third-order valence-corrected chi connectivity index (χ3v) is 8.92. The number of benzene rings is 4. The first-order chi connectivity index (χ1) is 22.6. The summed E-state index contributed by atoms with van der Waals surface area (Å²) >= 11 is 0. The predicted octanol–water partition coefficient (Wildman–Crippen LogP) is 8.46. The monoisotopic (exact) mass is 636 g/mol. The summed E-state index contributed by atoms with van der Waals surface area (Å²) in [5.74, 6) is -1.83. The van der Waals surface area contributed by atoms with Crippen LogP contribution < -0.4 is 15.5 Å². The summed E-state index contributed by atoms with van der Waals surface area (Å²) in [5.41, 5.74) is 6.09. The molecule has 1 aliphatic carbocycles. The molecular formula is C37H31F3N4O3. The number of amides is 2. The van der Waals surface area contributed by atoms with Gasteiger partial charge in [0.05, 0.1) is 0 Å². The van der Waals surface area contributed by atoms with Crippen LogP contribution in [0.25, 0.3) is 11.1 Å². The van der Waals surface area contributed by atoms with E-state index in [1.165, 1.54) is 5.56 Å². The topological polar surface area (TPSA) is 87.5 Å². The minimum absolute atomic E-state index is 0.208. The number of nitrogens with zero attached hydrogens (tertiary/aromatic N) is 2. The van der Waals surface area contributed by atoms with Gasteiger partial charge < -0.3 is 20.0 Å². The molecule has 47 heavy (non-hydrogen) atoms. The molecule has 7 rings (SSSR count). The average molecular weight is 637 g/mol. The summed E-state index contributed by atoms with van der Waals surface area (Å²) in [7, 11) is 0. The van der Waals surface area contributed by atoms with Gasteiger partial charge in [0, 0.05) is 30.0 Å². The Hall–Kier alpha value is -5.38. The van der Waals surface area contributed by atoms with E-state index in [1.54, 1.807) is 23.1 Å². The van der Waals surface area contributed by atoms with E-state index in [0.717, 1.165) is 46.3 Å². The summed E-state index contributed by atoms with van der Waals surface area (Å²) in [6.45, 7) is 2.84. The first-order valence-corrected chi connectivity index (χ1v) is 15.5. The highest BCUT2D eigenvalue weighted by molar-refractivity contribution is 6.06. The Bertz CT molecular complexity index is 1980. The number of aromatic nitrogens is 1. The number of oxazole rings is 1. The molecule has 2 amide bonds. The fraction of sp³-hybridized carbons (Fsp3) is 0.216. The van der Waals surface area contributed by atoms with E-state index in [9.17, 15) is 22.8 Å². The molecule has 2 N–H and O–H groups in total. The van der Waals surface area contributed by atoms with Crippen molar-refractivity contribution in [2.24, 2.45) is 0 Å². The van der Waals surface area contributed by atoms with Gasteiger partial charge in [-0.3, -0.25) is 9.59 Å². The average Bonchev–Trinajstić information content (AvgIpc) is 3.68. The van der Waals surface area contributed by atoms with Crippen LogP contribution in [-0.2, 0) is 12.6 Å². The number of fused-ring (bicyclic) bond motifs is 3. The number of hydrogen-bond acceptors (Lipinski definition) is 5. The van der Waals surface area contributed by atoms with Gasteiger partial charge in [-0.1, -0.05) is 60.7 Å². The predicted molar refractivity (Wildman–Crippen MR) is 174 cm³/mol. The zero-order valence-electron chi connectivity index (χ0n) is 25.5. The molecule has 238 valence electrons. The minimum Gasteiger partial charge on any atom is -0.417 e. The lowest BCUT2D eigenvalue weighted by Gasteiger charge is -2.31. The molecule has 0 bridgehead atoms. The number of para-hydroxylation sites is 1. The quantitative estimate of drug-likeness (QED) is 0.192. The minimum atomic E-state index is -4.88. The molecule has 2 aliphatic rings. The second-order valence-corrected chi connectivity index (χ2v) is 12.0. The van der Waals surface area contributed by atoms with Crippen molar-refractivity contribution in [3.8, 4) is 11.1 Å². The van der Waals surface area contributed by atoms with Gasteiger partial charge in [0.15, 0.2) is 5.69 Å². The lowest BCUT2D eigenvalue weighted by molar-refractivity contribution is -0.141. The fourth-order valence-electron chi connectivity index (χ4n) is 6.44. The maximum absolute atomic E-state index is 14.0. The third kappa shape index (κ3) is 6.10. The normalized spacial score (nSPS) is 14.4. The standard InChI is InChI=1S/C37H31F3N4O3/c1-22-7-5-6-10-31(22)42-34(45)25-11-13-29-26(19-25)20-27-21-28(12-14-30(27)29)41-35(46)32-33(37(38,39)40)43-36(47-32)44-17-15-24(16-18-44)23-8-3-2-4-9-23/h2-14,19,21,24H,15-18,20H2,1H3,(H,41,46)(H,42,45). The maximum atomic E-state index is 14.0. The molecule has 0 unspecified atom stereocenters. The highest BCUT2D eigenvalue weighted by Gasteiger charge is 2.42. The van der Waals surface area contributed by atoms with Gasteiger partial charge >= 0.3 is 6.18 Å². The second-order valence-electron chi connectivity index (χ2n) is 12.0. The van der Waals surface area contributed by atoms with E-state index in [2.05, 4.69) is 27.8 Å². The molecular weight excluding hydrogens is 605 g/mol. The van der Waals surface area contributed by atoms with Crippen molar-refractivity contribution in [1.82, 2.24) is 4.98 Å². The van der Waals surface area contributed by atoms with Crippen LogP contribution in [0.2, 0.25) is 0 Å². The molecule has 0 saturated carbocycles. The van der Waals surface area contributed by atoms with Crippen molar-refractivity contribution in [3.63, 3.8) is 0 Å². The molecule has 0 radical (unpaired) electrons. The summed E-state index contributed by atoms with van der Waals surface area (Å²) < 4.78 is 47.6. The van der Waals surface area contributed by atoms with Gasteiger partial charge in [-0.05, 0) is 95.8 Å². The van der Waals surface area contributed by atoms with Crippen LogP contribution in [0, 0.1) is 6.92 Å². The van der Waals surface area contributed by atoms with Crippen LogP contribution in [0.3, 0.4) is 0 Å². The van der Waals surface area contributed by atoms with Crippen molar-refractivity contribution in [2.75, 3.05) is 28.6 Å². The summed E-state index contributed by atoms with van der Waals surface area (Å²) in [6.07, 6.45) is -2.92. The van der Waals surface area contributed by atoms with Crippen molar-refractivity contribution in [1.29, 1.82) is 0 Å². The number of nitrogens with one attached hydrogen (secondary N) is 2. The summed E-state index contributed by atoms with van der Waals surface area (Å²) in [4.78, 5) is 31.6. The Morgan fingerprint density at radius 2 is 1.51 bits per heavy atom. The van der Waals surface area contributed by atoms with Crippen LogP contribution in [0.1, 0.15) is 67.6 Å². The van der Waals surface area contributed by atoms with Crippen molar-refractivity contribution >= 4 is 29.2 Å². The first kappa shape index (κ1) is 30.3. The lowest BCUT2D eigenvalue weighted by atomic mass is 9.90. The maximum Gasteiger partial charge on any atom is 0.437 e. The van der Waals surface area contributed by atoms with Crippen molar-refractivity contribution < 1.29 is 27.2 Å². The van der Waals surface area contributed by atoms with E-state index in [1.807, 2.05) is 67.6 Å². The van der Waals surface area contributed by atoms with E-state index >= 15 is 0 Å². The molecule has 4 aromatic carbocycles. The number of hydrogen-bond donors (Lipinski definition) is 2. The van der Waals surface area contributed by atoms with Gasteiger partial charge in [0.2, 0.25) is 5.76 Å². The highest BCUT2D eigenvalue weighted by atomic mass is 19.4. The molecule has 0 spiro atoms. The van der Waals surface area contributed by atoms with Crippen LogP contribution in [0.5, 0.6) is 0 Å². The Morgan fingerprint density at radius 3 is 2.23 bits per heavy atom. The van der Waals surface area contributed by atoms with E-state index in [4.69, 9.17) is 4.42 Å². The number of halogens is 3. The van der Waals surface area contributed by atoms with Crippen molar-refractivity contribution in [3.05, 3.63) is 130 Å². The molecule has 1 fully saturated rings. The third-order valence-electron chi connectivity index (χ3n) is 8.92. The molecule has 1 aliphatic heterocycles. The Kier molecular flexibility index (Phi) is 7.79. The molecule has 2 heterocycles. The number of aryl methyl sites for hydroxylation is 1. The number of carbonyl (C=O) groups excluding carboxylic acids is 2. The molecule has 1 aromatic heterocycles. The van der Waals surface area contributed by atoms with Crippen molar-refractivity contribution in [2.45, 2.75) is 38.3 Å². The first-order valence-electron chi connectivity index (χ1n) is 15.5. The Morgan fingerprint density at radius 1 is 0.830 bits per heavy atom. The van der Waals surface area contributed by atoms with Gasteiger partial charge in [-0.15, -0.1) is 0 Å². The number of rotatable bonds is 6. The zero-order chi connectivity index (χ0) is 32.7. The smallest absolute Gasteiger partial charge is 0.417 e. The summed E-state index contributed by atoms with van der Waals surface area (Å²) in [5, 5.41) is 5.53. The van der Waals surface area contributed by atoms with Crippen LogP contribution in [0.4, 0.5) is 30.6 Å². The Labute approximate surface area is 269 Å². The second kappa shape index (κ2) is 12.1. The summed E-state index contributed by atoms with van der Waals surface area (Å²) in [6, 6.07) is 28.0. The van der Waals surface area contributed by atoms with Gasteiger partial charge in [0.25, 0.3) is 17.8 Å². The fourth-order valence-corrected chi connectivity index (χ4v) is 6.44. The van der Waals surface area contributed by atoms with Crippen LogP contribution in [0.15, 0.2) is 95.4 Å². The molecule has 7 nitrogen and oxygen atoms in total. The highest BCUT2D eigenvalue weighted by Crippen LogP contribution is 2.40. The number of anilines is 3. The van der Waals surface area contributed by atoms with E-state index < -0.39 is 23.5 Å². The van der Waals surface area contributed by atoms with Gasteiger partial charge in [0.1, 0.15) is 0 Å². The molecule has 0 atom stereocenters. The molecule has 10 heteroatoms. The van der Waals surface area contributed by atoms with Gasteiger partial charge in [-0.2, -0.15) is 18.2 Å².